The zero-order valence-electron chi connectivity index (χ0n) is 11.1. The summed E-state index contributed by atoms with van der Waals surface area (Å²) >= 11 is 0. The summed E-state index contributed by atoms with van der Waals surface area (Å²) < 4.78 is 0. The molecule has 1 rings (SSSR count). The first kappa shape index (κ1) is 15.0. The lowest BCUT2D eigenvalue weighted by molar-refractivity contribution is 0.0697. The average Bonchev–Trinajstić information content (AvgIpc) is 2.39. The van der Waals surface area contributed by atoms with Gasteiger partial charge >= 0.3 is 5.97 Å². The number of carbonyl (C=O) groups is 2. The van der Waals surface area contributed by atoms with Gasteiger partial charge in [0.15, 0.2) is 0 Å². The maximum Gasteiger partial charge on any atom is 0.335 e. The van der Waals surface area contributed by atoms with E-state index >= 15 is 0 Å². The Hall–Kier alpha value is -2.10. The maximum absolute atomic E-state index is 11.9. The van der Waals surface area contributed by atoms with Gasteiger partial charge in [0.05, 0.1) is 5.56 Å². The van der Waals surface area contributed by atoms with Crippen LogP contribution in [0.5, 0.6) is 0 Å². The molecular formula is C15H19NO3. The Labute approximate surface area is 113 Å². The van der Waals surface area contributed by atoms with Crippen molar-refractivity contribution in [3.8, 4) is 0 Å². The average molecular weight is 261 g/mol. The first-order valence-electron chi connectivity index (χ1n) is 6.29. The summed E-state index contributed by atoms with van der Waals surface area (Å²) in [5.41, 5.74) is 0.488. The first-order chi connectivity index (χ1) is 9.04. The number of rotatable bonds is 7. The smallest absolute Gasteiger partial charge is 0.335 e. The van der Waals surface area contributed by atoms with E-state index < -0.39 is 5.97 Å². The van der Waals surface area contributed by atoms with Crippen LogP contribution in [0.4, 0.5) is 0 Å². The molecule has 0 aromatic heterocycles. The largest absolute Gasteiger partial charge is 0.478 e. The summed E-state index contributed by atoms with van der Waals surface area (Å²) in [4.78, 5) is 22.8. The molecule has 102 valence electrons. The van der Waals surface area contributed by atoms with Gasteiger partial charge in [-0.05, 0) is 44.4 Å². The van der Waals surface area contributed by atoms with Crippen LogP contribution in [-0.2, 0) is 0 Å². The van der Waals surface area contributed by atoms with Crippen LogP contribution in [0.15, 0.2) is 36.9 Å². The molecule has 0 spiro atoms. The Balaban J connectivity index is 2.60. The highest BCUT2D eigenvalue weighted by atomic mass is 16.4. The van der Waals surface area contributed by atoms with Gasteiger partial charge in [-0.2, -0.15) is 0 Å². The van der Waals surface area contributed by atoms with Crippen molar-refractivity contribution in [1.29, 1.82) is 0 Å². The van der Waals surface area contributed by atoms with Gasteiger partial charge in [0, 0.05) is 11.6 Å². The molecule has 0 bridgehead atoms. The minimum absolute atomic E-state index is 0.0564. The van der Waals surface area contributed by atoms with E-state index in [0.717, 1.165) is 19.3 Å². The predicted octanol–water partition coefficient (Wildman–Crippen LogP) is 2.86. The van der Waals surface area contributed by atoms with E-state index in [1.165, 1.54) is 12.1 Å². The van der Waals surface area contributed by atoms with E-state index in [4.69, 9.17) is 5.11 Å². The van der Waals surface area contributed by atoms with Crippen LogP contribution in [0, 0.1) is 0 Å². The van der Waals surface area contributed by atoms with Crippen molar-refractivity contribution in [1.82, 2.24) is 5.32 Å². The molecule has 1 aromatic rings. The van der Waals surface area contributed by atoms with Gasteiger partial charge < -0.3 is 10.4 Å². The fourth-order valence-corrected chi connectivity index (χ4v) is 1.74. The number of benzene rings is 1. The lowest BCUT2D eigenvalue weighted by Crippen LogP contribution is -2.32. The zero-order chi connectivity index (χ0) is 14.3. The molecule has 0 aliphatic heterocycles. The number of allylic oxidation sites excluding steroid dienone is 1. The van der Waals surface area contributed by atoms with Crippen LogP contribution in [0.1, 0.15) is 46.9 Å². The molecule has 0 aliphatic carbocycles. The summed E-state index contributed by atoms with van der Waals surface area (Å²) in [6, 6.07) is 6.08. The number of hydrogen-bond donors (Lipinski definition) is 2. The standard InChI is InChI=1S/C15H19NO3/c1-3-4-5-7-11(2)16-14(17)12-8-6-9-13(10-12)15(18)19/h3,6,8-11H,1,4-5,7H2,2H3,(H,16,17)(H,18,19). The number of unbranched alkanes of at least 4 members (excludes halogenated alkanes) is 1. The molecule has 1 atom stereocenters. The minimum Gasteiger partial charge on any atom is -0.478 e. The van der Waals surface area contributed by atoms with Crippen molar-refractivity contribution in [3.05, 3.63) is 48.0 Å². The zero-order valence-corrected chi connectivity index (χ0v) is 11.1. The fraction of sp³-hybridized carbons (Fsp3) is 0.333. The molecule has 0 saturated carbocycles. The van der Waals surface area contributed by atoms with Crippen LogP contribution in [0.25, 0.3) is 0 Å². The third-order valence-electron chi connectivity index (χ3n) is 2.79. The predicted molar refractivity (Wildman–Crippen MR) is 74.4 cm³/mol. The third-order valence-corrected chi connectivity index (χ3v) is 2.79. The first-order valence-corrected chi connectivity index (χ1v) is 6.29. The van der Waals surface area contributed by atoms with E-state index in [9.17, 15) is 9.59 Å². The number of carbonyl (C=O) groups excluding carboxylic acids is 1. The van der Waals surface area contributed by atoms with Crippen molar-refractivity contribution < 1.29 is 14.7 Å². The summed E-state index contributed by atoms with van der Waals surface area (Å²) in [5, 5.41) is 11.7. The highest BCUT2D eigenvalue weighted by Gasteiger charge is 2.11. The molecule has 1 aromatic carbocycles. The van der Waals surface area contributed by atoms with Crippen molar-refractivity contribution in [3.63, 3.8) is 0 Å². The SMILES string of the molecule is C=CCCCC(C)NC(=O)c1cccc(C(=O)O)c1. The number of carboxylic acid groups (broad SMARTS) is 1. The van der Waals surface area contributed by atoms with Gasteiger partial charge in [-0.1, -0.05) is 12.1 Å². The van der Waals surface area contributed by atoms with Crippen molar-refractivity contribution in [2.24, 2.45) is 0 Å². The number of nitrogens with one attached hydrogen (secondary N) is 1. The van der Waals surface area contributed by atoms with Gasteiger partial charge in [0.25, 0.3) is 5.91 Å². The summed E-state index contributed by atoms with van der Waals surface area (Å²) in [6.45, 7) is 5.58. The maximum atomic E-state index is 11.9. The van der Waals surface area contributed by atoms with Gasteiger partial charge in [-0.3, -0.25) is 4.79 Å². The normalized spacial score (nSPS) is 11.6. The molecule has 19 heavy (non-hydrogen) atoms. The van der Waals surface area contributed by atoms with Crippen molar-refractivity contribution in [2.45, 2.75) is 32.2 Å². The quantitative estimate of drug-likeness (QED) is 0.586. The number of aromatic carboxylic acids is 1. The van der Waals surface area contributed by atoms with Gasteiger partial charge in [-0.15, -0.1) is 6.58 Å². The van der Waals surface area contributed by atoms with Crippen LogP contribution >= 0.6 is 0 Å². The monoisotopic (exact) mass is 261 g/mol. The van der Waals surface area contributed by atoms with E-state index in [0.29, 0.717) is 5.56 Å². The topological polar surface area (TPSA) is 66.4 Å². The second-order valence-corrected chi connectivity index (χ2v) is 4.48. The van der Waals surface area contributed by atoms with Crippen molar-refractivity contribution in [2.75, 3.05) is 0 Å². The van der Waals surface area contributed by atoms with E-state index in [2.05, 4.69) is 11.9 Å². The van der Waals surface area contributed by atoms with Gasteiger partial charge in [0.2, 0.25) is 0 Å². The Kier molecular flexibility index (Phi) is 5.79. The third kappa shape index (κ3) is 4.95. The second kappa shape index (κ2) is 7.36. The lowest BCUT2D eigenvalue weighted by Gasteiger charge is -2.13. The Bertz CT molecular complexity index is 468. The fourth-order valence-electron chi connectivity index (χ4n) is 1.74. The number of hydrogen-bond acceptors (Lipinski definition) is 2. The van der Waals surface area contributed by atoms with Crippen molar-refractivity contribution >= 4 is 11.9 Å². The summed E-state index contributed by atoms with van der Waals surface area (Å²) in [7, 11) is 0. The van der Waals surface area contributed by atoms with E-state index in [-0.39, 0.29) is 17.5 Å². The van der Waals surface area contributed by atoms with E-state index in [1.807, 2.05) is 13.0 Å². The molecule has 0 saturated heterocycles. The minimum atomic E-state index is -1.03. The molecule has 4 heteroatoms. The van der Waals surface area contributed by atoms with Crippen LogP contribution in [0.3, 0.4) is 0 Å². The Morgan fingerprint density at radius 3 is 2.74 bits per heavy atom. The number of amides is 1. The molecule has 0 fully saturated rings. The van der Waals surface area contributed by atoms with Gasteiger partial charge in [0.1, 0.15) is 0 Å². The van der Waals surface area contributed by atoms with Gasteiger partial charge in [-0.25, -0.2) is 4.79 Å². The van der Waals surface area contributed by atoms with Crippen LogP contribution in [-0.4, -0.2) is 23.0 Å². The Morgan fingerprint density at radius 1 is 1.42 bits per heavy atom. The second-order valence-electron chi connectivity index (χ2n) is 4.48. The highest BCUT2D eigenvalue weighted by Crippen LogP contribution is 2.07. The number of carboxylic acids is 1. The molecule has 0 radical (unpaired) electrons. The lowest BCUT2D eigenvalue weighted by atomic mass is 10.1. The molecule has 4 nitrogen and oxygen atoms in total. The molecule has 0 heterocycles. The van der Waals surface area contributed by atoms with Crippen LogP contribution < -0.4 is 5.32 Å². The summed E-state index contributed by atoms with van der Waals surface area (Å²) in [6.07, 6.45) is 4.62. The molecule has 1 amide bonds. The molecule has 1 unspecified atom stereocenters. The summed E-state index contributed by atoms with van der Waals surface area (Å²) in [5.74, 6) is -1.28. The molecule has 0 aliphatic rings. The molecule has 2 N–H and O–H groups in total. The highest BCUT2D eigenvalue weighted by molar-refractivity contribution is 5.97. The van der Waals surface area contributed by atoms with E-state index in [1.54, 1.807) is 12.1 Å². The Morgan fingerprint density at radius 2 is 2.11 bits per heavy atom. The van der Waals surface area contributed by atoms with Crippen LogP contribution in [0.2, 0.25) is 0 Å². The molecular weight excluding hydrogens is 242 g/mol.